The van der Waals surface area contributed by atoms with Crippen molar-refractivity contribution < 1.29 is 9.13 Å². The zero-order valence-corrected chi connectivity index (χ0v) is 13.4. The topological polar surface area (TPSA) is 24.5 Å². The van der Waals surface area contributed by atoms with Crippen molar-refractivity contribution in [2.75, 3.05) is 26.7 Å². The van der Waals surface area contributed by atoms with Crippen molar-refractivity contribution in [3.05, 3.63) is 29.6 Å². The Kier molecular flexibility index (Phi) is 6.00. The van der Waals surface area contributed by atoms with Crippen molar-refractivity contribution in [2.24, 2.45) is 5.92 Å². The smallest absolute Gasteiger partial charge is 0.165 e. The molecule has 1 aromatic carbocycles. The Morgan fingerprint density at radius 2 is 2.24 bits per heavy atom. The SMILES string of the molecule is COc1ccc(CN2CCCC(CNC(C)C)C2)cc1F. The minimum Gasteiger partial charge on any atom is -0.494 e. The molecule has 0 aliphatic carbocycles. The van der Waals surface area contributed by atoms with Crippen LogP contribution in [0.25, 0.3) is 0 Å². The maximum Gasteiger partial charge on any atom is 0.165 e. The predicted octanol–water partition coefficient (Wildman–Crippen LogP) is 3.04. The molecule has 1 aromatic rings. The number of nitrogens with zero attached hydrogens (tertiary/aromatic N) is 1. The summed E-state index contributed by atoms with van der Waals surface area (Å²) in [5, 5.41) is 3.52. The second-order valence-electron chi connectivity index (χ2n) is 6.28. The Morgan fingerprint density at radius 3 is 2.90 bits per heavy atom. The van der Waals surface area contributed by atoms with E-state index in [1.54, 1.807) is 12.1 Å². The van der Waals surface area contributed by atoms with Crippen LogP contribution in [0.5, 0.6) is 5.75 Å². The number of likely N-dealkylation sites (tertiary alicyclic amines) is 1. The van der Waals surface area contributed by atoms with Crippen molar-refractivity contribution in [2.45, 2.75) is 39.3 Å². The van der Waals surface area contributed by atoms with Crippen LogP contribution in [0, 0.1) is 11.7 Å². The molecular formula is C17H27FN2O. The quantitative estimate of drug-likeness (QED) is 0.873. The Morgan fingerprint density at radius 1 is 1.43 bits per heavy atom. The number of piperidine rings is 1. The summed E-state index contributed by atoms with van der Waals surface area (Å²) in [7, 11) is 1.50. The first-order chi connectivity index (χ1) is 10.1. The van der Waals surface area contributed by atoms with Crippen LogP contribution in [0.2, 0.25) is 0 Å². The second-order valence-corrected chi connectivity index (χ2v) is 6.28. The molecule has 0 spiro atoms. The van der Waals surface area contributed by atoms with E-state index in [1.165, 1.54) is 20.0 Å². The van der Waals surface area contributed by atoms with Crippen LogP contribution in [0.3, 0.4) is 0 Å². The molecule has 1 unspecified atom stereocenters. The molecule has 118 valence electrons. The van der Waals surface area contributed by atoms with E-state index in [0.717, 1.165) is 31.7 Å². The molecule has 1 heterocycles. The number of benzene rings is 1. The van der Waals surface area contributed by atoms with Gasteiger partial charge in [0.05, 0.1) is 7.11 Å². The molecule has 0 bridgehead atoms. The highest BCUT2D eigenvalue weighted by atomic mass is 19.1. The van der Waals surface area contributed by atoms with Gasteiger partial charge in [-0.05, 0) is 49.5 Å². The minimum atomic E-state index is -0.273. The lowest BCUT2D eigenvalue weighted by Crippen LogP contribution is -2.40. The predicted molar refractivity (Wildman–Crippen MR) is 84.1 cm³/mol. The van der Waals surface area contributed by atoms with Crippen molar-refractivity contribution in [3.8, 4) is 5.75 Å². The number of ether oxygens (including phenoxy) is 1. The number of methoxy groups -OCH3 is 1. The van der Waals surface area contributed by atoms with Gasteiger partial charge in [-0.2, -0.15) is 0 Å². The van der Waals surface area contributed by atoms with Crippen LogP contribution < -0.4 is 10.1 Å². The summed E-state index contributed by atoms with van der Waals surface area (Å²) in [6, 6.07) is 5.80. The van der Waals surface area contributed by atoms with Gasteiger partial charge in [0.25, 0.3) is 0 Å². The van der Waals surface area contributed by atoms with Crippen molar-refractivity contribution >= 4 is 0 Å². The molecule has 2 rings (SSSR count). The zero-order valence-electron chi connectivity index (χ0n) is 13.4. The first kappa shape index (κ1) is 16.2. The lowest BCUT2D eigenvalue weighted by atomic mass is 9.97. The summed E-state index contributed by atoms with van der Waals surface area (Å²) in [6.07, 6.45) is 2.51. The first-order valence-corrected chi connectivity index (χ1v) is 7.86. The third kappa shape index (κ3) is 4.97. The maximum atomic E-state index is 13.7. The molecule has 1 aliphatic heterocycles. The molecule has 3 nitrogen and oxygen atoms in total. The van der Waals surface area contributed by atoms with E-state index >= 15 is 0 Å². The Hall–Kier alpha value is -1.13. The van der Waals surface area contributed by atoms with Crippen molar-refractivity contribution in [1.29, 1.82) is 0 Å². The molecule has 1 fully saturated rings. The molecule has 1 saturated heterocycles. The van der Waals surface area contributed by atoms with E-state index in [0.29, 0.717) is 17.7 Å². The first-order valence-electron chi connectivity index (χ1n) is 7.86. The van der Waals surface area contributed by atoms with E-state index in [-0.39, 0.29) is 5.82 Å². The van der Waals surface area contributed by atoms with E-state index in [2.05, 4.69) is 24.1 Å². The number of nitrogens with one attached hydrogen (secondary N) is 1. The molecule has 1 atom stereocenters. The molecular weight excluding hydrogens is 267 g/mol. The normalized spacial score (nSPS) is 20.0. The number of halogens is 1. The highest BCUT2D eigenvalue weighted by molar-refractivity contribution is 5.29. The Bertz CT molecular complexity index is 450. The van der Waals surface area contributed by atoms with E-state index in [9.17, 15) is 4.39 Å². The molecule has 0 aromatic heterocycles. The van der Waals surface area contributed by atoms with Crippen LogP contribution in [0.15, 0.2) is 18.2 Å². The molecule has 4 heteroatoms. The van der Waals surface area contributed by atoms with Gasteiger partial charge in [0, 0.05) is 19.1 Å². The highest BCUT2D eigenvalue weighted by Gasteiger charge is 2.20. The molecule has 1 aliphatic rings. The van der Waals surface area contributed by atoms with E-state index in [1.807, 2.05) is 6.07 Å². The number of hydrogen-bond acceptors (Lipinski definition) is 3. The minimum absolute atomic E-state index is 0.273. The van der Waals surface area contributed by atoms with Gasteiger partial charge in [-0.1, -0.05) is 19.9 Å². The summed E-state index contributed by atoms with van der Waals surface area (Å²) in [4.78, 5) is 2.43. The van der Waals surface area contributed by atoms with Crippen LogP contribution >= 0.6 is 0 Å². The molecule has 0 amide bonds. The van der Waals surface area contributed by atoms with Gasteiger partial charge in [-0.3, -0.25) is 4.90 Å². The molecule has 0 radical (unpaired) electrons. The highest BCUT2D eigenvalue weighted by Crippen LogP contribution is 2.21. The van der Waals surface area contributed by atoms with Gasteiger partial charge in [0.1, 0.15) is 0 Å². The monoisotopic (exact) mass is 294 g/mol. The molecule has 0 saturated carbocycles. The van der Waals surface area contributed by atoms with Crippen LogP contribution in [-0.2, 0) is 6.54 Å². The Labute approximate surface area is 127 Å². The summed E-state index contributed by atoms with van der Waals surface area (Å²) in [5.41, 5.74) is 1.02. The average molecular weight is 294 g/mol. The average Bonchev–Trinajstić information content (AvgIpc) is 2.46. The number of rotatable bonds is 6. The third-order valence-corrected chi connectivity index (χ3v) is 4.04. The fourth-order valence-corrected chi connectivity index (χ4v) is 2.93. The second kappa shape index (κ2) is 7.76. The Balaban J connectivity index is 1.88. The molecule has 21 heavy (non-hydrogen) atoms. The van der Waals surface area contributed by atoms with Crippen molar-refractivity contribution in [3.63, 3.8) is 0 Å². The van der Waals surface area contributed by atoms with Gasteiger partial charge >= 0.3 is 0 Å². The lowest BCUT2D eigenvalue weighted by Gasteiger charge is -2.33. The fourth-order valence-electron chi connectivity index (χ4n) is 2.93. The van der Waals surface area contributed by atoms with Gasteiger partial charge in [-0.15, -0.1) is 0 Å². The summed E-state index contributed by atoms with van der Waals surface area (Å²) < 4.78 is 18.7. The van der Waals surface area contributed by atoms with Crippen LogP contribution in [0.1, 0.15) is 32.3 Å². The lowest BCUT2D eigenvalue weighted by molar-refractivity contribution is 0.163. The molecule has 1 N–H and O–H groups in total. The largest absolute Gasteiger partial charge is 0.494 e. The number of hydrogen-bond donors (Lipinski definition) is 1. The summed E-state index contributed by atoms with van der Waals surface area (Å²) >= 11 is 0. The third-order valence-electron chi connectivity index (χ3n) is 4.04. The van der Waals surface area contributed by atoms with Crippen molar-refractivity contribution in [1.82, 2.24) is 10.2 Å². The van der Waals surface area contributed by atoms with Gasteiger partial charge in [0.15, 0.2) is 11.6 Å². The maximum absolute atomic E-state index is 13.7. The standard InChI is InChI=1S/C17H27FN2O/c1-13(2)19-10-15-5-4-8-20(12-15)11-14-6-7-17(21-3)16(18)9-14/h6-7,9,13,15,19H,4-5,8,10-12H2,1-3H3. The van der Waals surface area contributed by atoms with Crippen LogP contribution in [-0.4, -0.2) is 37.7 Å². The van der Waals surface area contributed by atoms with Gasteiger partial charge in [-0.25, -0.2) is 4.39 Å². The summed E-state index contributed by atoms with van der Waals surface area (Å²) in [5.74, 6) is 0.741. The van der Waals surface area contributed by atoms with Gasteiger partial charge in [0.2, 0.25) is 0 Å². The van der Waals surface area contributed by atoms with Crippen LogP contribution in [0.4, 0.5) is 4.39 Å². The zero-order chi connectivity index (χ0) is 15.2. The summed E-state index contributed by atoms with van der Waals surface area (Å²) in [6.45, 7) is 8.45. The van der Waals surface area contributed by atoms with Gasteiger partial charge < -0.3 is 10.1 Å². The van der Waals surface area contributed by atoms with E-state index < -0.39 is 0 Å². The fraction of sp³-hybridized carbons (Fsp3) is 0.647. The van der Waals surface area contributed by atoms with E-state index in [4.69, 9.17) is 4.74 Å².